The minimum atomic E-state index is -0.330. The molecule has 1 saturated carbocycles. The molecule has 0 atom stereocenters. The van der Waals surface area contributed by atoms with E-state index in [1.54, 1.807) is 36.4 Å². The summed E-state index contributed by atoms with van der Waals surface area (Å²) in [5, 5.41) is 8.55. The number of anilines is 2. The van der Waals surface area contributed by atoms with Crippen LogP contribution in [0.5, 0.6) is 0 Å². The Bertz CT molecular complexity index is 691. The Labute approximate surface area is 140 Å². The monoisotopic (exact) mass is 327 g/mol. The Morgan fingerprint density at radius 1 is 0.958 bits per heavy atom. The number of hydrogen-bond donors (Lipinski definition) is 3. The summed E-state index contributed by atoms with van der Waals surface area (Å²) in [4.78, 5) is 24.0. The largest absolute Gasteiger partial charge is 0.459 e. The lowest BCUT2D eigenvalue weighted by Crippen LogP contribution is -2.39. The van der Waals surface area contributed by atoms with Gasteiger partial charge in [-0.25, -0.2) is 4.79 Å². The van der Waals surface area contributed by atoms with E-state index in [0.29, 0.717) is 11.4 Å². The fraction of sp³-hybridized carbons (Fsp3) is 0.333. The molecule has 6 nitrogen and oxygen atoms in total. The zero-order valence-corrected chi connectivity index (χ0v) is 13.4. The van der Waals surface area contributed by atoms with Gasteiger partial charge in [-0.3, -0.25) is 4.79 Å². The number of carbonyl (C=O) groups excluding carboxylic acids is 2. The summed E-state index contributed by atoms with van der Waals surface area (Å²) in [5.74, 6) is -0.0905. The summed E-state index contributed by atoms with van der Waals surface area (Å²) in [6.45, 7) is 0. The van der Waals surface area contributed by atoms with E-state index in [0.717, 1.165) is 12.8 Å². The average molecular weight is 327 g/mol. The summed E-state index contributed by atoms with van der Waals surface area (Å²) >= 11 is 0. The first-order chi connectivity index (χ1) is 11.7. The molecular weight excluding hydrogens is 306 g/mol. The van der Waals surface area contributed by atoms with E-state index >= 15 is 0 Å². The van der Waals surface area contributed by atoms with Crippen molar-refractivity contribution < 1.29 is 14.0 Å². The van der Waals surface area contributed by atoms with E-state index in [-0.39, 0.29) is 23.7 Å². The van der Waals surface area contributed by atoms with Crippen molar-refractivity contribution in [2.24, 2.45) is 0 Å². The highest BCUT2D eigenvalue weighted by molar-refractivity contribution is 6.02. The minimum Gasteiger partial charge on any atom is -0.459 e. The molecule has 3 rings (SSSR count). The lowest BCUT2D eigenvalue weighted by molar-refractivity contribution is 0.0996. The fourth-order valence-corrected chi connectivity index (χ4v) is 2.87. The van der Waals surface area contributed by atoms with E-state index in [1.165, 1.54) is 25.5 Å². The van der Waals surface area contributed by atoms with E-state index in [4.69, 9.17) is 4.42 Å². The van der Waals surface area contributed by atoms with Gasteiger partial charge in [0.15, 0.2) is 5.76 Å². The molecule has 24 heavy (non-hydrogen) atoms. The molecule has 1 heterocycles. The molecule has 1 aromatic heterocycles. The summed E-state index contributed by atoms with van der Waals surface area (Å²) in [5.41, 5.74) is 1.22. The first kappa shape index (κ1) is 16.1. The van der Waals surface area contributed by atoms with E-state index in [1.807, 2.05) is 0 Å². The van der Waals surface area contributed by atoms with Gasteiger partial charge in [-0.15, -0.1) is 0 Å². The second-order valence-corrected chi connectivity index (χ2v) is 5.95. The Hall–Kier alpha value is -2.76. The van der Waals surface area contributed by atoms with E-state index < -0.39 is 0 Å². The molecule has 0 spiro atoms. The molecule has 3 N–H and O–H groups in total. The van der Waals surface area contributed by atoms with Crippen molar-refractivity contribution in [2.75, 3.05) is 10.6 Å². The maximum Gasteiger partial charge on any atom is 0.319 e. The molecule has 126 valence electrons. The molecule has 0 saturated heterocycles. The van der Waals surface area contributed by atoms with Gasteiger partial charge >= 0.3 is 6.03 Å². The topological polar surface area (TPSA) is 83.4 Å². The number of rotatable bonds is 4. The Morgan fingerprint density at radius 2 is 1.71 bits per heavy atom. The quantitative estimate of drug-likeness (QED) is 0.794. The van der Waals surface area contributed by atoms with Gasteiger partial charge in [0.05, 0.1) is 6.26 Å². The zero-order chi connectivity index (χ0) is 16.8. The van der Waals surface area contributed by atoms with Gasteiger partial charge in [-0.05, 0) is 43.2 Å². The lowest BCUT2D eigenvalue weighted by atomic mass is 9.96. The van der Waals surface area contributed by atoms with Crippen LogP contribution in [-0.2, 0) is 0 Å². The predicted molar refractivity (Wildman–Crippen MR) is 92.1 cm³/mol. The molecular formula is C18H21N3O3. The third kappa shape index (κ3) is 4.38. The van der Waals surface area contributed by atoms with Gasteiger partial charge in [0.25, 0.3) is 5.91 Å². The summed E-state index contributed by atoms with van der Waals surface area (Å²) in [6, 6.07) is 10.3. The normalized spacial score (nSPS) is 14.8. The number of urea groups is 1. The van der Waals surface area contributed by atoms with Gasteiger partial charge in [0.1, 0.15) is 0 Å². The van der Waals surface area contributed by atoms with Crippen LogP contribution in [0.25, 0.3) is 0 Å². The molecule has 0 bridgehead atoms. The van der Waals surface area contributed by atoms with Crippen LogP contribution in [-0.4, -0.2) is 18.0 Å². The molecule has 3 amide bonds. The standard InChI is InChI=1S/C18H21N3O3/c22-17(16-10-5-11-24-16)19-14-8-4-9-15(12-14)21-18(23)20-13-6-2-1-3-7-13/h4-5,8-13H,1-3,6-7H2,(H,19,22)(H2,20,21,23). The average Bonchev–Trinajstić information content (AvgIpc) is 3.10. The first-order valence-corrected chi connectivity index (χ1v) is 8.23. The van der Waals surface area contributed by atoms with Gasteiger partial charge < -0.3 is 20.4 Å². The molecule has 1 aliphatic carbocycles. The molecule has 1 fully saturated rings. The van der Waals surface area contributed by atoms with Crippen molar-refractivity contribution in [3.63, 3.8) is 0 Å². The van der Waals surface area contributed by atoms with Crippen LogP contribution >= 0.6 is 0 Å². The lowest BCUT2D eigenvalue weighted by Gasteiger charge is -2.22. The second-order valence-electron chi connectivity index (χ2n) is 5.95. The number of furan rings is 1. The molecule has 2 aromatic rings. The van der Waals surface area contributed by atoms with Crippen LogP contribution in [0.4, 0.5) is 16.2 Å². The third-order valence-electron chi connectivity index (χ3n) is 4.06. The van der Waals surface area contributed by atoms with Crippen molar-refractivity contribution in [3.05, 3.63) is 48.4 Å². The fourth-order valence-electron chi connectivity index (χ4n) is 2.87. The molecule has 1 aromatic carbocycles. The Morgan fingerprint density at radius 3 is 2.42 bits per heavy atom. The van der Waals surface area contributed by atoms with Crippen molar-refractivity contribution in [1.82, 2.24) is 5.32 Å². The predicted octanol–water partition coefficient (Wildman–Crippen LogP) is 3.99. The third-order valence-corrected chi connectivity index (χ3v) is 4.06. The second kappa shape index (κ2) is 7.68. The van der Waals surface area contributed by atoms with Crippen LogP contribution in [0.15, 0.2) is 47.1 Å². The molecule has 0 aliphatic heterocycles. The van der Waals surface area contributed by atoms with Crippen LogP contribution < -0.4 is 16.0 Å². The smallest absolute Gasteiger partial charge is 0.319 e. The Kier molecular flexibility index (Phi) is 5.15. The maximum atomic E-state index is 12.1. The summed E-state index contributed by atoms with van der Waals surface area (Å²) in [6.07, 6.45) is 7.09. The van der Waals surface area contributed by atoms with Crippen molar-refractivity contribution in [2.45, 2.75) is 38.1 Å². The molecule has 0 unspecified atom stereocenters. The van der Waals surface area contributed by atoms with Gasteiger partial charge in [0, 0.05) is 17.4 Å². The highest BCUT2D eigenvalue weighted by Gasteiger charge is 2.15. The number of carbonyl (C=O) groups is 2. The van der Waals surface area contributed by atoms with Gasteiger partial charge in [-0.2, -0.15) is 0 Å². The summed E-state index contributed by atoms with van der Waals surface area (Å²) in [7, 11) is 0. The van der Waals surface area contributed by atoms with Crippen LogP contribution in [0.2, 0.25) is 0 Å². The maximum absolute atomic E-state index is 12.1. The number of benzene rings is 1. The summed E-state index contributed by atoms with van der Waals surface area (Å²) < 4.78 is 5.06. The highest BCUT2D eigenvalue weighted by atomic mass is 16.3. The molecule has 0 radical (unpaired) electrons. The zero-order valence-electron chi connectivity index (χ0n) is 13.4. The van der Waals surface area contributed by atoms with Crippen LogP contribution in [0.1, 0.15) is 42.7 Å². The minimum absolute atomic E-state index is 0.212. The van der Waals surface area contributed by atoms with E-state index in [2.05, 4.69) is 16.0 Å². The first-order valence-electron chi connectivity index (χ1n) is 8.23. The van der Waals surface area contributed by atoms with Crippen LogP contribution in [0.3, 0.4) is 0 Å². The molecule has 6 heteroatoms. The van der Waals surface area contributed by atoms with Crippen molar-refractivity contribution in [1.29, 1.82) is 0 Å². The van der Waals surface area contributed by atoms with Crippen molar-refractivity contribution >= 4 is 23.3 Å². The number of amides is 3. The van der Waals surface area contributed by atoms with Crippen molar-refractivity contribution in [3.8, 4) is 0 Å². The highest BCUT2D eigenvalue weighted by Crippen LogP contribution is 2.19. The number of nitrogens with one attached hydrogen (secondary N) is 3. The van der Waals surface area contributed by atoms with Crippen LogP contribution in [0, 0.1) is 0 Å². The van der Waals surface area contributed by atoms with Gasteiger partial charge in [-0.1, -0.05) is 25.3 Å². The SMILES string of the molecule is O=C(Nc1cccc(NC(=O)c2ccco2)c1)NC1CCCCC1. The van der Waals surface area contributed by atoms with E-state index in [9.17, 15) is 9.59 Å². The molecule has 1 aliphatic rings. The number of hydrogen-bond acceptors (Lipinski definition) is 3. The Balaban J connectivity index is 1.56. The van der Waals surface area contributed by atoms with Gasteiger partial charge in [0.2, 0.25) is 0 Å².